The van der Waals surface area contributed by atoms with Crippen LogP contribution in [0.15, 0.2) is 52.4 Å². The molecule has 1 aromatic heterocycles. The molecule has 1 fully saturated rings. The summed E-state index contributed by atoms with van der Waals surface area (Å²) in [6, 6.07) is 7.76. The van der Waals surface area contributed by atoms with Crippen molar-refractivity contribution in [2.24, 2.45) is 0 Å². The van der Waals surface area contributed by atoms with Crippen LogP contribution in [0.1, 0.15) is 5.56 Å². The van der Waals surface area contributed by atoms with Crippen LogP contribution >= 0.6 is 0 Å². The Morgan fingerprint density at radius 3 is 2.03 bits per heavy atom. The highest BCUT2D eigenvalue weighted by Crippen LogP contribution is 2.28. The molecule has 0 unspecified atom stereocenters. The van der Waals surface area contributed by atoms with Gasteiger partial charge in [-0.1, -0.05) is 12.1 Å². The maximum absolute atomic E-state index is 14.0. The molecule has 1 aliphatic rings. The average Bonchev–Trinajstić information content (AvgIpc) is 2.76. The smallest absolute Gasteiger partial charge is 0.246 e. The molecule has 4 rings (SSSR count). The average molecular weight is 486 g/mol. The summed E-state index contributed by atoms with van der Waals surface area (Å²) in [5.41, 5.74) is 1.17. The Labute approximate surface area is 183 Å². The standard InChI is InChI=1S/C20H18F3N3O4S2/c1-13-11-14-3-2-4-17(20(14)24-12-13)32(29,30)26-9-7-25(8-10-26)31(27,28)16-6-5-15(21)18(22)19(16)23/h2-6,11-12H,7-10H2,1H3. The molecular formula is C20H18F3N3O4S2. The molecule has 0 radical (unpaired) electrons. The van der Waals surface area contributed by atoms with Crippen molar-refractivity contribution < 1.29 is 30.0 Å². The second-order valence-electron chi connectivity index (χ2n) is 7.32. The molecule has 32 heavy (non-hydrogen) atoms. The molecule has 2 heterocycles. The molecule has 0 spiro atoms. The van der Waals surface area contributed by atoms with Gasteiger partial charge < -0.3 is 0 Å². The van der Waals surface area contributed by atoms with E-state index in [4.69, 9.17) is 0 Å². The number of pyridine rings is 1. The molecular weight excluding hydrogens is 467 g/mol. The van der Waals surface area contributed by atoms with Gasteiger partial charge in [0, 0.05) is 37.8 Å². The van der Waals surface area contributed by atoms with Crippen LogP contribution in [0, 0.1) is 24.4 Å². The molecule has 1 saturated heterocycles. The zero-order valence-corrected chi connectivity index (χ0v) is 18.4. The van der Waals surface area contributed by atoms with Gasteiger partial charge in [-0.05, 0) is 36.8 Å². The summed E-state index contributed by atoms with van der Waals surface area (Å²) in [5.74, 6) is -5.19. The van der Waals surface area contributed by atoms with E-state index in [-0.39, 0.29) is 31.1 Å². The Kier molecular flexibility index (Phi) is 5.74. The molecule has 170 valence electrons. The van der Waals surface area contributed by atoms with Crippen molar-refractivity contribution in [3.63, 3.8) is 0 Å². The van der Waals surface area contributed by atoms with Crippen molar-refractivity contribution in [3.05, 3.63) is 65.6 Å². The molecule has 7 nitrogen and oxygen atoms in total. The third-order valence-corrected chi connectivity index (χ3v) is 9.09. The fourth-order valence-corrected chi connectivity index (χ4v) is 6.65. The van der Waals surface area contributed by atoms with E-state index in [1.807, 2.05) is 13.0 Å². The van der Waals surface area contributed by atoms with E-state index >= 15 is 0 Å². The Morgan fingerprint density at radius 1 is 0.812 bits per heavy atom. The maximum Gasteiger partial charge on any atom is 0.246 e. The van der Waals surface area contributed by atoms with E-state index in [1.54, 1.807) is 18.3 Å². The second-order valence-corrected chi connectivity index (χ2v) is 11.1. The lowest BCUT2D eigenvalue weighted by Gasteiger charge is -2.33. The van der Waals surface area contributed by atoms with Gasteiger partial charge in [0.05, 0.1) is 5.52 Å². The summed E-state index contributed by atoms with van der Waals surface area (Å²) in [6.07, 6.45) is 1.56. The molecule has 0 N–H and O–H groups in total. The van der Waals surface area contributed by atoms with Crippen molar-refractivity contribution in [3.8, 4) is 0 Å². The third-order valence-electron chi connectivity index (χ3n) is 5.24. The summed E-state index contributed by atoms with van der Waals surface area (Å²) >= 11 is 0. The van der Waals surface area contributed by atoms with Crippen LogP contribution in [0.4, 0.5) is 13.2 Å². The number of aromatic nitrogens is 1. The predicted molar refractivity (Wildman–Crippen MR) is 110 cm³/mol. The molecule has 12 heteroatoms. The number of hydrogen-bond donors (Lipinski definition) is 0. The lowest BCUT2D eigenvalue weighted by molar-refractivity contribution is 0.272. The van der Waals surface area contributed by atoms with E-state index in [1.165, 1.54) is 6.07 Å². The van der Waals surface area contributed by atoms with Crippen LogP contribution < -0.4 is 0 Å². The number of fused-ring (bicyclic) bond motifs is 1. The number of benzene rings is 2. The van der Waals surface area contributed by atoms with Gasteiger partial charge in [0.25, 0.3) is 0 Å². The van der Waals surface area contributed by atoms with Crippen molar-refractivity contribution in [1.82, 2.24) is 13.6 Å². The first-order chi connectivity index (χ1) is 15.0. The minimum atomic E-state index is -4.49. The minimum Gasteiger partial charge on any atom is -0.255 e. The predicted octanol–water partition coefficient (Wildman–Crippen LogP) is 2.66. The monoisotopic (exact) mass is 485 g/mol. The van der Waals surface area contributed by atoms with Gasteiger partial charge in [-0.3, -0.25) is 4.98 Å². The van der Waals surface area contributed by atoms with Gasteiger partial charge in [0.2, 0.25) is 20.0 Å². The van der Waals surface area contributed by atoms with E-state index in [0.29, 0.717) is 23.0 Å². The van der Waals surface area contributed by atoms with E-state index in [0.717, 1.165) is 14.2 Å². The Morgan fingerprint density at radius 2 is 1.41 bits per heavy atom. The normalized spacial score (nSPS) is 16.5. The molecule has 0 atom stereocenters. The highest BCUT2D eigenvalue weighted by molar-refractivity contribution is 7.89. The fourth-order valence-electron chi connectivity index (χ4n) is 3.59. The highest BCUT2D eigenvalue weighted by atomic mass is 32.2. The van der Waals surface area contributed by atoms with Crippen LogP contribution in [-0.4, -0.2) is 56.6 Å². The second kappa shape index (κ2) is 8.10. The molecule has 0 saturated carbocycles. The summed E-state index contributed by atoms with van der Waals surface area (Å²) in [4.78, 5) is 3.24. The van der Waals surface area contributed by atoms with Crippen LogP contribution in [0.3, 0.4) is 0 Å². The van der Waals surface area contributed by atoms with Crippen LogP contribution in [0.25, 0.3) is 10.9 Å². The zero-order valence-electron chi connectivity index (χ0n) is 16.8. The first-order valence-electron chi connectivity index (χ1n) is 9.52. The van der Waals surface area contributed by atoms with E-state index < -0.39 is 42.4 Å². The van der Waals surface area contributed by atoms with E-state index in [9.17, 15) is 30.0 Å². The van der Waals surface area contributed by atoms with Crippen LogP contribution in [0.2, 0.25) is 0 Å². The lowest BCUT2D eigenvalue weighted by Crippen LogP contribution is -2.50. The Hall–Kier alpha value is -2.54. The van der Waals surface area contributed by atoms with E-state index in [2.05, 4.69) is 4.98 Å². The largest absolute Gasteiger partial charge is 0.255 e. The van der Waals surface area contributed by atoms with Crippen molar-refractivity contribution >= 4 is 30.9 Å². The van der Waals surface area contributed by atoms with Crippen LogP contribution in [0.5, 0.6) is 0 Å². The van der Waals surface area contributed by atoms with Gasteiger partial charge >= 0.3 is 0 Å². The molecule has 0 aliphatic carbocycles. The number of hydrogen-bond acceptors (Lipinski definition) is 5. The SMILES string of the molecule is Cc1cnc2c(S(=O)(=O)N3CCN(S(=O)(=O)c4ccc(F)c(F)c4F)CC3)cccc2c1. The number of rotatable bonds is 4. The molecule has 3 aromatic rings. The molecule has 2 aromatic carbocycles. The Balaban J connectivity index is 1.60. The molecule has 0 amide bonds. The fraction of sp³-hybridized carbons (Fsp3) is 0.250. The zero-order chi connectivity index (χ0) is 23.3. The van der Waals surface area contributed by atoms with Crippen molar-refractivity contribution in [2.45, 2.75) is 16.7 Å². The topological polar surface area (TPSA) is 87.7 Å². The minimum absolute atomic E-state index is 0.00189. The van der Waals surface area contributed by atoms with Gasteiger partial charge in [-0.2, -0.15) is 8.61 Å². The first kappa shape index (κ1) is 22.6. The van der Waals surface area contributed by atoms with Gasteiger partial charge in [0.15, 0.2) is 17.5 Å². The number of sulfonamides is 2. The number of nitrogens with zero attached hydrogens (tertiary/aromatic N) is 3. The van der Waals surface area contributed by atoms with Gasteiger partial charge in [0.1, 0.15) is 9.79 Å². The number of piperazine rings is 1. The number of halogens is 3. The third kappa shape index (κ3) is 3.76. The molecule has 1 aliphatic heterocycles. The quantitative estimate of drug-likeness (QED) is 0.531. The summed E-state index contributed by atoms with van der Waals surface area (Å²) in [7, 11) is -8.48. The van der Waals surface area contributed by atoms with Gasteiger partial charge in [-0.25, -0.2) is 30.0 Å². The van der Waals surface area contributed by atoms with Crippen LogP contribution in [-0.2, 0) is 20.0 Å². The van der Waals surface area contributed by atoms with Gasteiger partial charge in [-0.15, -0.1) is 0 Å². The molecule has 0 bridgehead atoms. The first-order valence-corrected chi connectivity index (χ1v) is 12.4. The summed E-state index contributed by atoms with van der Waals surface area (Å²) in [6.45, 7) is 0.877. The van der Waals surface area contributed by atoms with Crippen molar-refractivity contribution in [2.75, 3.05) is 26.2 Å². The maximum atomic E-state index is 14.0. The number of para-hydroxylation sites is 1. The number of aryl methyl sites for hydroxylation is 1. The van der Waals surface area contributed by atoms with Crippen molar-refractivity contribution in [1.29, 1.82) is 0 Å². The summed E-state index contributed by atoms with van der Waals surface area (Å²) in [5, 5.41) is 0.654. The highest BCUT2D eigenvalue weighted by Gasteiger charge is 2.36. The lowest BCUT2D eigenvalue weighted by atomic mass is 10.2. The summed E-state index contributed by atoms with van der Waals surface area (Å²) < 4.78 is 94.6. The Bertz CT molecular complexity index is 1420.